The maximum absolute atomic E-state index is 12.9. The summed E-state index contributed by atoms with van der Waals surface area (Å²) in [5.74, 6) is 0.681. The van der Waals surface area contributed by atoms with E-state index in [9.17, 15) is 18.0 Å². The molecule has 0 spiro atoms. The van der Waals surface area contributed by atoms with E-state index in [0.29, 0.717) is 11.3 Å². The van der Waals surface area contributed by atoms with Gasteiger partial charge in [-0.25, -0.2) is 4.98 Å². The number of halogens is 3. The molecule has 2 aromatic heterocycles. The van der Waals surface area contributed by atoms with E-state index in [2.05, 4.69) is 25.0 Å². The number of aromatic nitrogens is 3. The predicted octanol–water partition coefficient (Wildman–Crippen LogP) is 4.54. The van der Waals surface area contributed by atoms with Crippen molar-refractivity contribution in [3.8, 4) is 11.3 Å². The average Bonchev–Trinajstić information content (AvgIpc) is 3.40. The molecule has 1 saturated carbocycles. The largest absolute Gasteiger partial charge is 0.416 e. The van der Waals surface area contributed by atoms with Crippen LogP contribution in [-0.2, 0) is 6.18 Å². The van der Waals surface area contributed by atoms with Gasteiger partial charge in [-0.05, 0) is 37.8 Å². The average molecular weight is 404 g/mol. The van der Waals surface area contributed by atoms with E-state index in [0.717, 1.165) is 43.6 Å². The number of carbonyl (C=O) groups excluding carboxylic acids is 1. The molecule has 29 heavy (non-hydrogen) atoms. The summed E-state index contributed by atoms with van der Waals surface area (Å²) < 4.78 is 43.5. The first kappa shape index (κ1) is 19.2. The fourth-order valence-corrected chi connectivity index (χ4v) is 3.65. The predicted molar refractivity (Wildman–Crippen MR) is 98.0 cm³/mol. The van der Waals surface area contributed by atoms with Gasteiger partial charge in [-0.1, -0.05) is 17.3 Å². The summed E-state index contributed by atoms with van der Waals surface area (Å²) in [7, 11) is 0. The number of alkyl halides is 3. The third-order valence-electron chi connectivity index (χ3n) is 5.20. The van der Waals surface area contributed by atoms with Crippen molar-refractivity contribution in [1.29, 1.82) is 0 Å². The van der Waals surface area contributed by atoms with Crippen molar-refractivity contribution in [2.45, 2.75) is 43.8 Å². The number of rotatable bonds is 4. The zero-order valence-corrected chi connectivity index (χ0v) is 15.4. The molecule has 3 aromatic rings. The lowest BCUT2D eigenvalue weighted by Crippen LogP contribution is -2.37. The lowest BCUT2D eigenvalue weighted by atomic mass is 9.85. The second-order valence-corrected chi connectivity index (χ2v) is 7.16. The highest BCUT2D eigenvalue weighted by Gasteiger charge is 2.31. The van der Waals surface area contributed by atoms with Crippen molar-refractivity contribution in [3.05, 3.63) is 59.9 Å². The molecule has 0 atom stereocenters. The normalized spacial score (nSPS) is 19.8. The molecular weight excluding hydrogens is 385 g/mol. The number of hydrogen-bond acceptors (Lipinski definition) is 4. The van der Waals surface area contributed by atoms with Crippen molar-refractivity contribution in [2.24, 2.45) is 0 Å². The monoisotopic (exact) mass is 404 g/mol. The van der Waals surface area contributed by atoms with Crippen LogP contribution in [0.15, 0.2) is 47.3 Å². The first-order valence-corrected chi connectivity index (χ1v) is 9.34. The number of aromatic amines is 1. The molecule has 9 heteroatoms. The number of amides is 1. The van der Waals surface area contributed by atoms with Crippen molar-refractivity contribution in [3.63, 3.8) is 0 Å². The maximum Gasteiger partial charge on any atom is 0.416 e. The molecule has 2 heterocycles. The summed E-state index contributed by atoms with van der Waals surface area (Å²) in [5, 5.41) is 6.57. The van der Waals surface area contributed by atoms with Gasteiger partial charge >= 0.3 is 6.18 Å². The summed E-state index contributed by atoms with van der Waals surface area (Å²) in [4.78, 5) is 19.7. The van der Waals surface area contributed by atoms with Crippen LogP contribution in [0.25, 0.3) is 11.3 Å². The molecule has 0 bridgehead atoms. The van der Waals surface area contributed by atoms with Crippen LogP contribution in [0.1, 0.15) is 53.5 Å². The number of hydrogen-bond donors (Lipinski definition) is 2. The minimum Gasteiger partial charge on any atom is -0.364 e. The molecule has 4 rings (SSSR count). The molecular formula is C20H19F3N4O2. The Bertz CT molecular complexity index is 974. The Hall–Kier alpha value is -3.10. The summed E-state index contributed by atoms with van der Waals surface area (Å²) in [6, 6.07) is 6.72. The van der Waals surface area contributed by atoms with Gasteiger partial charge in [-0.2, -0.15) is 13.2 Å². The first-order valence-electron chi connectivity index (χ1n) is 9.34. The first-order chi connectivity index (χ1) is 13.9. The summed E-state index contributed by atoms with van der Waals surface area (Å²) in [6.07, 6.45) is 1.82. The standard InChI is InChI=1S/C20H19F3N4O2/c21-20(22,23)14-3-1-2-13(10-14)17-11-24-18(26-17)12-4-6-15(7-5-12)25-19(28)16-8-9-29-27-16/h1-3,8-12,15H,4-7H2,(H,24,26)(H,25,28)/t12-,15+. The van der Waals surface area contributed by atoms with E-state index in [-0.39, 0.29) is 23.6 Å². The number of H-pyrrole nitrogens is 1. The van der Waals surface area contributed by atoms with Crippen LogP contribution in [0.4, 0.5) is 13.2 Å². The lowest BCUT2D eigenvalue weighted by Gasteiger charge is -2.27. The van der Waals surface area contributed by atoms with E-state index in [1.165, 1.54) is 18.4 Å². The fraction of sp³-hybridized carbons (Fsp3) is 0.350. The van der Waals surface area contributed by atoms with Crippen molar-refractivity contribution >= 4 is 5.91 Å². The molecule has 0 unspecified atom stereocenters. The molecule has 2 N–H and O–H groups in total. The Kier molecular flexibility index (Phi) is 5.12. The quantitative estimate of drug-likeness (QED) is 0.669. The van der Waals surface area contributed by atoms with Gasteiger partial charge in [0, 0.05) is 29.8 Å². The lowest BCUT2D eigenvalue weighted by molar-refractivity contribution is -0.137. The Morgan fingerprint density at radius 3 is 2.66 bits per heavy atom. The van der Waals surface area contributed by atoms with Crippen molar-refractivity contribution in [2.75, 3.05) is 0 Å². The molecule has 0 radical (unpaired) electrons. The maximum atomic E-state index is 12.9. The topological polar surface area (TPSA) is 83.8 Å². The minimum absolute atomic E-state index is 0.0494. The SMILES string of the molecule is O=C(N[C@H]1CC[C@@H](c2nc(-c3cccc(C(F)(F)F)c3)c[nH]2)CC1)c1ccon1. The van der Waals surface area contributed by atoms with Gasteiger partial charge in [0.25, 0.3) is 5.91 Å². The highest BCUT2D eigenvalue weighted by Crippen LogP contribution is 2.34. The Labute approximate surface area is 164 Å². The second-order valence-electron chi connectivity index (χ2n) is 7.16. The summed E-state index contributed by atoms with van der Waals surface area (Å²) >= 11 is 0. The summed E-state index contributed by atoms with van der Waals surface area (Å²) in [5.41, 5.74) is 0.482. The van der Waals surface area contributed by atoms with Gasteiger partial charge in [0.05, 0.1) is 11.3 Å². The highest BCUT2D eigenvalue weighted by atomic mass is 19.4. The Balaban J connectivity index is 1.38. The number of imidazole rings is 1. The van der Waals surface area contributed by atoms with Crippen LogP contribution in [-0.4, -0.2) is 27.1 Å². The molecule has 0 saturated heterocycles. The molecule has 1 aromatic carbocycles. The smallest absolute Gasteiger partial charge is 0.364 e. The van der Waals surface area contributed by atoms with Crippen LogP contribution in [0, 0.1) is 0 Å². The van der Waals surface area contributed by atoms with Crippen LogP contribution in [0.2, 0.25) is 0 Å². The molecule has 6 nitrogen and oxygen atoms in total. The van der Waals surface area contributed by atoms with Gasteiger partial charge in [-0.15, -0.1) is 0 Å². The molecule has 1 fully saturated rings. The second kappa shape index (κ2) is 7.73. The van der Waals surface area contributed by atoms with E-state index in [1.807, 2.05) is 0 Å². The van der Waals surface area contributed by atoms with E-state index in [1.54, 1.807) is 12.3 Å². The van der Waals surface area contributed by atoms with Crippen molar-refractivity contribution < 1.29 is 22.5 Å². The van der Waals surface area contributed by atoms with E-state index in [4.69, 9.17) is 0 Å². The zero-order valence-electron chi connectivity index (χ0n) is 15.4. The third-order valence-corrected chi connectivity index (χ3v) is 5.20. The number of nitrogens with zero attached hydrogens (tertiary/aromatic N) is 2. The van der Waals surface area contributed by atoms with Crippen LogP contribution in [0.5, 0.6) is 0 Å². The van der Waals surface area contributed by atoms with Crippen LogP contribution < -0.4 is 5.32 Å². The third kappa shape index (κ3) is 4.33. The van der Waals surface area contributed by atoms with E-state index < -0.39 is 11.7 Å². The van der Waals surface area contributed by atoms with Gasteiger partial charge in [0.15, 0.2) is 5.69 Å². The Morgan fingerprint density at radius 1 is 1.17 bits per heavy atom. The number of nitrogens with one attached hydrogen (secondary N) is 2. The highest BCUT2D eigenvalue weighted by molar-refractivity contribution is 5.92. The van der Waals surface area contributed by atoms with Gasteiger partial charge < -0.3 is 14.8 Å². The van der Waals surface area contributed by atoms with Crippen LogP contribution >= 0.6 is 0 Å². The van der Waals surface area contributed by atoms with Gasteiger partial charge in [0.2, 0.25) is 0 Å². The minimum atomic E-state index is -4.38. The molecule has 1 aliphatic rings. The van der Waals surface area contributed by atoms with Crippen LogP contribution in [0.3, 0.4) is 0 Å². The molecule has 1 aliphatic carbocycles. The van der Waals surface area contributed by atoms with Gasteiger partial charge in [0.1, 0.15) is 12.1 Å². The molecule has 1 amide bonds. The van der Waals surface area contributed by atoms with E-state index >= 15 is 0 Å². The zero-order chi connectivity index (χ0) is 20.4. The molecule has 152 valence electrons. The Morgan fingerprint density at radius 2 is 1.97 bits per heavy atom. The van der Waals surface area contributed by atoms with Gasteiger partial charge in [-0.3, -0.25) is 4.79 Å². The number of carbonyl (C=O) groups is 1. The molecule has 0 aliphatic heterocycles. The summed E-state index contributed by atoms with van der Waals surface area (Å²) in [6.45, 7) is 0. The van der Waals surface area contributed by atoms with Crippen molar-refractivity contribution in [1.82, 2.24) is 20.4 Å². The number of benzene rings is 1. The fourth-order valence-electron chi connectivity index (χ4n) is 3.65.